The zero-order valence-corrected chi connectivity index (χ0v) is 12.4. The summed E-state index contributed by atoms with van der Waals surface area (Å²) >= 11 is 5.28. The molecule has 0 saturated heterocycles. The third kappa shape index (κ3) is 5.25. The average molecular weight is 327 g/mol. The molecule has 0 amide bonds. The lowest BCUT2D eigenvalue weighted by atomic mass is 10.0. The van der Waals surface area contributed by atoms with Crippen LogP contribution in [0, 0.1) is 0 Å². The van der Waals surface area contributed by atoms with Crippen LogP contribution >= 0.6 is 23.4 Å². The topological polar surface area (TPSA) is 26.3 Å². The van der Waals surface area contributed by atoms with Crippen molar-refractivity contribution in [2.45, 2.75) is 30.2 Å². The van der Waals surface area contributed by atoms with Crippen molar-refractivity contribution < 1.29 is 22.7 Å². The Morgan fingerprint density at radius 2 is 2.10 bits per heavy atom. The number of alkyl halides is 4. The Bertz CT molecular complexity index is 463. The first-order valence-electron chi connectivity index (χ1n) is 5.99. The van der Waals surface area contributed by atoms with Crippen LogP contribution in [0.3, 0.4) is 0 Å². The number of ether oxygens (including phenoxy) is 1. The van der Waals surface area contributed by atoms with E-state index in [-0.39, 0.29) is 28.8 Å². The number of hydrogen-bond donors (Lipinski definition) is 0. The van der Waals surface area contributed by atoms with E-state index in [1.54, 1.807) is 13.0 Å². The van der Waals surface area contributed by atoms with Crippen LogP contribution < -0.4 is 0 Å². The number of esters is 1. The van der Waals surface area contributed by atoms with E-state index in [9.17, 15) is 18.0 Å². The second kappa shape index (κ2) is 7.78. The maximum Gasteiger partial charge on any atom is 0.446 e. The van der Waals surface area contributed by atoms with Gasteiger partial charge >= 0.3 is 11.5 Å². The molecule has 0 fully saturated rings. The van der Waals surface area contributed by atoms with Crippen molar-refractivity contribution in [1.29, 1.82) is 0 Å². The molecule has 0 aliphatic heterocycles. The fraction of sp³-hybridized carbons (Fsp3) is 0.462. The lowest BCUT2D eigenvalue weighted by Gasteiger charge is -2.14. The Hall–Kier alpha value is -0.880. The Balaban J connectivity index is 3.17. The van der Waals surface area contributed by atoms with Gasteiger partial charge in [-0.2, -0.15) is 13.2 Å². The van der Waals surface area contributed by atoms with Gasteiger partial charge in [0.15, 0.2) is 0 Å². The average Bonchev–Trinajstić information content (AvgIpc) is 2.34. The third-order valence-electron chi connectivity index (χ3n) is 2.40. The van der Waals surface area contributed by atoms with E-state index in [0.29, 0.717) is 24.3 Å². The van der Waals surface area contributed by atoms with E-state index < -0.39 is 11.5 Å². The zero-order valence-electron chi connectivity index (χ0n) is 10.8. The highest BCUT2D eigenvalue weighted by atomic mass is 35.5. The summed E-state index contributed by atoms with van der Waals surface area (Å²) in [5.41, 5.74) is -3.94. The summed E-state index contributed by atoms with van der Waals surface area (Å²) in [4.78, 5) is 11.8. The molecule has 1 aromatic carbocycles. The van der Waals surface area contributed by atoms with Crippen LogP contribution in [0.2, 0.25) is 0 Å². The first-order valence-corrected chi connectivity index (χ1v) is 7.35. The monoisotopic (exact) mass is 326 g/mol. The van der Waals surface area contributed by atoms with Gasteiger partial charge in [-0.25, -0.2) is 4.79 Å². The number of hydrogen-bond acceptors (Lipinski definition) is 3. The molecule has 7 heteroatoms. The standard InChI is InChI=1S/C13H14ClF3O2S/c1-2-19-12(18)11-9(6-4-8-14)5-3-7-10(11)20-13(15,16)17/h3,5,7H,2,4,6,8H2,1H3. The fourth-order valence-electron chi connectivity index (χ4n) is 1.69. The molecule has 0 bridgehead atoms. The summed E-state index contributed by atoms with van der Waals surface area (Å²) in [5, 5.41) is 0. The molecule has 0 aliphatic carbocycles. The van der Waals surface area contributed by atoms with E-state index in [2.05, 4.69) is 0 Å². The molecule has 1 rings (SSSR count). The van der Waals surface area contributed by atoms with E-state index in [0.717, 1.165) is 0 Å². The molecule has 1 aromatic rings. The maximum absolute atomic E-state index is 12.5. The lowest BCUT2D eigenvalue weighted by Crippen LogP contribution is -2.12. The SMILES string of the molecule is CCOC(=O)c1c(CCCCl)cccc1SC(F)(F)F. The van der Waals surface area contributed by atoms with Crippen molar-refractivity contribution in [3.8, 4) is 0 Å². The van der Waals surface area contributed by atoms with Gasteiger partial charge in [-0.05, 0) is 43.2 Å². The van der Waals surface area contributed by atoms with E-state index in [4.69, 9.17) is 16.3 Å². The Kier molecular flexibility index (Phi) is 6.68. The second-order valence-electron chi connectivity index (χ2n) is 3.85. The van der Waals surface area contributed by atoms with Crippen molar-refractivity contribution in [2.24, 2.45) is 0 Å². The second-order valence-corrected chi connectivity index (χ2v) is 5.34. The normalized spacial score (nSPS) is 11.4. The van der Waals surface area contributed by atoms with Gasteiger partial charge in [-0.3, -0.25) is 0 Å². The van der Waals surface area contributed by atoms with Crippen molar-refractivity contribution in [3.63, 3.8) is 0 Å². The molecule has 0 saturated carbocycles. The molecule has 0 aromatic heterocycles. The van der Waals surface area contributed by atoms with Crippen LogP contribution in [-0.4, -0.2) is 24.0 Å². The van der Waals surface area contributed by atoms with Crippen LogP contribution in [0.25, 0.3) is 0 Å². The summed E-state index contributed by atoms with van der Waals surface area (Å²) in [6.45, 7) is 1.72. The molecule has 0 aliphatic rings. The highest BCUT2D eigenvalue weighted by molar-refractivity contribution is 8.00. The summed E-state index contributed by atoms with van der Waals surface area (Å²) in [5.74, 6) is -0.358. The van der Waals surface area contributed by atoms with Crippen LogP contribution in [-0.2, 0) is 11.2 Å². The number of aryl methyl sites for hydroxylation is 1. The van der Waals surface area contributed by atoms with E-state index in [1.165, 1.54) is 12.1 Å². The minimum atomic E-state index is -4.45. The zero-order chi connectivity index (χ0) is 15.2. The Morgan fingerprint density at radius 3 is 2.65 bits per heavy atom. The summed E-state index contributed by atoms with van der Waals surface area (Å²) in [6.07, 6.45) is 1.01. The van der Waals surface area contributed by atoms with Gasteiger partial charge in [0.2, 0.25) is 0 Å². The minimum absolute atomic E-state index is 0.0122. The molecule has 2 nitrogen and oxygen atoms in total. The predicted octanol–water partition coefficient (Wildman–Crippen LogP) is 4.65. The molecule has 0 radical (unpaired) electrons. The van der Waals surface area contributed by atoms with Gasteiger partial charge in [-0.15, -0.1) is 11.6 Å². The van der Waals surface area contributed by atoms with Gasteiger partial charge in [0.25, 0.3) is 0 Å². The molecule has 0 spiro atoms. The first kappa shape index (κ1) is 17.2. The molecule has 0 unspecified atom stereocenters. The van der Waals surface area contributed by atoms with Gasteiger partial charge in [-0.1, -0.05) is 12.1 Å². The van der Waals surface area contributed by atoms with Crippen LogP contribution in [0.4, 0.5) is 13.2 Å². The van der Waals surface area contributed by atoms with Crippen molar-refractivity contribution in [3.05, 3.63) is 29.3 Å². The molecule has 0 heterocycles. The molecule has 0 N–H and O–H groups in total. The van der Waals surface area contributed by atoms with E-state index in [1.807, 2.05) is 0 Å². The van der Waals surface area contributed by atoms with Crippen LogP contribution in [0.15, 0.2) is 23.1 Å². The Labute approximate surface area is 124 Å². The number of thioether (sulfide) groups is 1. The van der Waals surface area contributed by atoms with Crippen molar-refractivity contribution >= 4 is 29.3 Å². The third-order valence-corrected chi connectivity index (χ3v) is 3.46. The Morgan fingerprint density at radius 1 is 1.40 bits per heavy atom. The molecule has 0 atom stereocenters. The molecule has 112 valence electrons. The molecular formula is C13H14ClF3O2S. The van der Waals surface area contributed by atoms with Crippen LogP contribution in [0.5, 0.6) is 0 Å². The van der Waals surface area contributed by atoms with Gasteiger partial charge in [0, 0.05) is 10.8 Å². The number of carbonyl (C=O) groups excluding carboxylic acids is 1. The van der Waals surface area contributed by atoms with Gasteiger partial charge in [0.1, 0.15) is 0 Å². The summed E-state index contributed by atoms with van der Waals surface area (Å²) in [7, 11) is 0. The number of rotatable bonds is 6. The number of halogens is 4. The van der Waals surface area contributed by atoms with Gasteiger partial charge < -0.3 is 4.74 Å². The number of carbonyl (C=O) groups is 1. The smallest absolute Gasteiger partial charge is 0.446 e. The lowest BCUT2D eigenvalue weighted by molar-refractivity contribution is -0.0328. The quantitative estimate of drug-likeness (QED) is 0.432. The highest BCUT2D eigenvalue weighted by Gasteiger charge is 2.32. The van der Waals surface area contributed by atoms with Crippen LogP contribution in [0.1, 0.15) is 29.3 Å². The highest BCUT2D eigenvalue weighted by Crippen LogP contribution is 2.39. The predicted molar refractivity (Wildman–Crippen MR) is 73.4 cm³/mol. The first-order chi connectivity index (χ1) is 9.39. The fourth-order valence-corrected chi connectivity index (χ4v) is 2.53. The maximum atomic E-state index is 12.5. The number of benzene rings is 1. The largest absolute Gasteiger partial charge is 0.462 e. The molecular weight excluding hydrogens is 313 g/mol. The van der Waals surface area contributed by atoms with E-state index >= 15 is 0 Å². The van der Waals surface area contributed by atoms with Crippen molar-refractivity contribution in [1.82, 2.24) is 0 Å². The van der Waals surface area contributed by atoms with Crippen molar-refractivity contribution in [2.75, 3.05) is 12.5 Å². The summed E-state index contributed by atoms with van der Waals surface area (Å²) in [6, 6.07) is 4.40. The molecule has 20 heavy (non-hydrogen) atoms. The minimum Gasteiger partial charge on any atom is -0.462 e. The van der Waals surface area contributed by atoms with Gasteiger partial charge in [0.05, 0.1) is 12.2 Å². The summed E-state index contributed by atoms with van der Waals surface area (Å²) < 4.78 is 42.5.